The molecule has 0 radical (unpaired) electrons. The highest BCUT2D eigenvalue weighted by atomic mass is 16.4. The second-order valence-corrected chi connectivity index (χ2v) is 6.21. The zero-order valence-electron chi connectivity index (χ0n) is 12.5. The Morgan fingerprint density at radius 2 is 2.13 bits per heavy atom. The van der Waals surface area contributed by atoms with Crippen molar-refractivity contribution in [2.75, 3.05) is 18.4 Å². The van der Waals surface area contributed by atoms with Gasteiger partial charge >= 0.3 is 12.0 Å². The van der Waals surface area contributed by atoms with E-state index in [4.69, 9.17) is 9.52 Å². The van der Waals surface area contributed by atoms with Crippen LogP contribution in [0.2, 0.25) is 0 Å². The van der Waals surface area contributed by atoms with Gasteiger partial charge in [-0.05, 0) is 37.5 Å². The van der Waals surface area contributed by atoms with E-state index in [1.165, 1.54) is 4.90 Å². The van der Waals surface area contributed by atoms with E-state index in [1.807, 2.05) is 0 Å². The molecule has 23 heavy (non-hydrogen) atoms. The second kappa shape index (κ2) is 5.26. The van der Waals surface area contributed by atoms with Crippen molar-refractivity contribution in [2.45, 2.75) is 25.2 Å². The third-order valence-corrected chi connectivity index (χ3v) is 4.41. The molecule has 7 nitrogen and oxygen atoms in total. The van der Waals surface area contributed by atoms with E-state index in [9.17, 15) is 9.59 Å². The molecular formula is C16H17N3O4. The SMILES string of the molecule is O=C(O)C1CCN(C(=O)Nc2ccc3oc(C4CC4)nc3c2)C1. The summed E-state index contributed by atoms with van der Waals surface area (Å²) < 4.78 is 5.69. The van der Waals surface area contributed by atoms with Crippen molar-refractivity contribution in [3.05, 3.63) is 24.1 Å². The van der Waals surface area contributed by atoms with Gasteiger partial charge in [-0.1, -0.05) is 0 Å². The summed E-state index contributed by atoms with van der Waals surface area (Å²) in [5.74, 6) is -0.109. The summed E-state index contributed by atoms with van der Waals surface area (Å²) in [7, 11) is 0. The van der Waals surface area contributed by atoms with Crippen LogP contribution < -0.4 is 5.32 Å². The van der Waals surface area contributed by atoms with Crippen LogP contribution in [0.4, 0.5) is 10.5 Å². The number of anilines is 1. The van der Waals surface area contributed by atoms with Gasteiger partial charge < -0.3 is 19.7 Å². The monoisotopic (exact) mass is 315 g/mol. The quantitative estimate of drug-likeness (QED) is 0.907. The van der Waals surface area contributed by atoms with Crippen molar-refractivity contribution in [3.63, 3.8) is 0 Å². The van der Waals surface area contributed by atoms with E-state index in [0.29, 0.717) is 24.6 Å². The zero-order valence-corrected chi connectivity index (χ0v) is 12.5. The number of carbonyl (C=O) groups excluding carboxylic acids is 1. The molecule has 0 bridgehead atoms. The summed E-state index contributed by atoms with van der Waals surface area (Å²) in [6, 6.07) is 5.08. The minimum absolute atomic E-state index is 0.249. The summed E-state index contributed by atoms with van der Waals surface area (Å²) in [4.78, 5) is 29.2. The number of hydrogen-bond acceptors (Lipinski definition) is 4. The summed E-state index contributed by atoms with van der Waals surface area (Å²) in [6.45, 7) is 0.708. The number of rotatable bonds is 3. The lowest BCUT2D eigenvalue weighted by molar-refractivity contribution is -0.141. The van der Waals surface area contributed by atoms with Gasteiger partial charge in [-0.2, -0.15) is 0 Å². The third kappa shape index (κ3) is 2.74. The fourth-order valence-electron chi connectivity index (χ4n) is 2.88. The smallest absolute Gasteiger partial charge is 0.321 e. The minimum atomic E-state index is -0.850. The number of nitrogens with zero attached hydrogens (tertiary/aromatic N) is 2. The molecule has 2 N–H and O–H groups in total. The largest absolute Gasteiger partial charge is 0.481 e. The summed E-state index contributed by atoms with van der Waals surface area (Å²) in [5.41, 5.74) is 2.09. The van der Waals surface area contributed by atoms with Crippen molar-refractivity contribution in [1.82, 2.24) is 9.88 Å². The van der Waals surface area contributed by atoms with Crippen LogP contribution in [0.25, 0.3) is 11.1 Å². The second-order valence-electron chi connectivity index (χ2n) is 6.21. The number of amides is 2. The molecule has 1 aliphatic heterocycles. The average Bonchev–Trinajstić information content (AvgIpc) is 3.10. The van der Waals surface area contributed by atoms with Crippen LogP contribution in [0, 0.1) is 5.92 Å². The molecule has 7 heteroatoms. The number of aromatic nitrogens is 1. The first-order valence-electron chi connectivity index (χ1n) is 7.79. The number of fused-ring (bicyclic) bond motifs is 1. The maximum Gasteiger partial charge on any atom is 0.321 e. The van der Waals surface area contributed by atoms with Crippen molar-refractivity contribution in [1.29, 1.82) is 0 Å². The Balaban J connectivity index is 1.46. The lowest BCUT2D eigenvalue weighted by atomic mass is 10.1. The molecule has 2 heterocycles. The van der Waals surface area contributed by atoms with Gasteiger partial charge in [-0.15, -0.1) is 0 Å². The van der Waals surface area contributed by atoms with Crippen LogP contribution in [0.1, 0.15) is 31.1 Å². The third-order valence-electron chi connectivity index (χ3n) is 4.41. The van der Waals surface area contributed by atoms with Crippen molar-refractivity contribution < 1.29 is 19.1 Å². The predicted molar refractivity (Wildman–Crippen MR) is 82.3 cm³/mol. The van der Waals surface area contributed by atoms with E-state index >= 15 is 0 Å². The average molecular weight is 315 g/mol. The molecule has 2 aliphatic rings. The lowest BCUT2D eigenvalue weighted by Gasteiger charge is -2.16. The molecule has 1 aromatic carbocycles. The van der Waals surface area contributed by atoms with E-state index < -0.39 is 11.9 Å². The van der Waals surface area contributed by atoms with Crippen LogP contribution in [-0.4, -0.2) is 40.1 Å². The van der Waals surface area contributed by atoms with Crippen molar-refractivity contribution in [3.8, 4) is 0 Å². The molecule has 2 aromatic rings. The normalized spacial score (nSPS) is 20.9. The number of likely N-dealkylation sites (tertiary alicyclic amines) is 1. The fraction of sp³-hybridized carbons (Fsp3) is 0.438. The number of urea groups is 1. The number of carboxylic acid groups (broad SMARTS) is 1. The topological polar surface area (TPSA) is 95.7 Å². The Labute approximate surface area is 132 Å². The molecule has 1 unspecified atom stereocenters. The Morgan fingerprint density at radius 1 is 1.30 bits per heavy atom. The molecule has 120 valence electrons. The van der Waals surface area contributed by atoms with E-state index in [1.54, 1.807) is 18.2 Å². The Bertz CT molecular complexity index is 781. The van der Waals surface area contributed by atoms with Gasteiger partial charge in [-0.25, -0.2) is 9.78 Å². The van der Waals surface area contributed by atoms with E-state index in [-0.39, 0.29) is 12.6 Å². The Morgan fingerprint density at radius 3 is 2.83 bits per heavy atom. The van der Waals surface area contributed by atoms with Crippen LogP contribution in [-0.2, 0) is 4.79 Å². The van der Waals surface area contributed by atoms with Crippen LogP contribution in [0.5, 0.6) is 0 Å². The maximum absolute atomic E-state index is 12.2. The lowest BCUT2D eigenvalue weighted by Crippen LogP contribution is -2.33. The number of carbonyl (C=O) groups is 2. The van der Waals surface area contributed by atoms with Gasteiger partial charge in [0, 0.05) is 24.7 Å². The number of aliphatic carboxylic acids is 1. The highest BCUT2D eigenvalue weighted by Crippen LogP contribution is 2.40. The number of oxazole rings is 1. The van der Waals surface area contributed by atoms with Crippen LogP contribution >= 0.6 is 0 Å². The molecule has 0 spiro atoms. The highest BCUT2D eigenvalue weighted by molar-refractivity contribution is 5.92. The molecule has 2 fully saturated rings. The predicted octanol–water partition coefficient (Wildman–Crippen LogP) is 2.64. The number of benzene rings is 1. The number of nitrogens with one attached hydrogen (secondary N) is 1. The molecule has 4 rings (SSSR count). The van der Waals surface area contributed by atoms with Crippen LogP contribution in [0.15, 0.2) is 22.6 Å². The summed E-state index contributed by atoms with van der Waals surface area (Å²) in [5, 5.41) is 11.8. The highest BCUT2D eigenvalue weighted by Gasteiger charge is 2.31. The van der Waals surface area contributed by atoms with Gasteiger partial charge in [0.1, 0.15) is 5.52 Å². The van der Waals surface area contributed by atoms with Crippen molar-refractivity contribution in [2.24, 2.45) is 5.92 Å². The molecule has 1 aliphatic carbocycles. The standard InChI is InChI=1S/C16H17N3O4/c20-15(21)10-5-6-19(8-10)16(22)17-11-3-4-13-12(7-11)18-14(23-13)9-1-2-9/h3-4,7,9-10H,1-2,5-6,8H2,(H,17,22)(H,20,21). The number of hydrogen-bond donors (Lipinski definition) is 2. The molecule has 1 saturated heterocycles. The van der Waals surface area contributed by atoms with Gasteiger partial charge in [0.2, 0.25) is 0 Å². The minimum Gasteiger partial charge on any atom is -0.481 e. The first kappa shape index (κ1) is 14.0. The molecule has 1 aromatic heterocycles. The fourth-order valence-corrected chi connectivity index (χ4v) is 2.88. The molecule has 2 amide bonds. The van der Waals surface area contributed by atoms with Crippen LogP contribution in [0.3, 0.4) is 0 Å². The van der Waals surface area contributed by atoms with Crippen molar-refractivity contribution >= 4 is 28.8 Å². The zero-order chi connectivity index (χ0) is 16.0. The first-order valence-corrected chi connectivity index (χ1v) is 7.79. The maximum atomic E-state index is 12.2. The van der Waals surface area contributed by atoms with Gasteiger partial charge in [0.25, 0.3) is 0 Å². The summed E-state index contributed by atoms with van der Waals surface area (Å²) >= 11 is 0. The van der Waals surface area contributed by atoms with Gasteiger partial charge in [0.05, 0.1) is 5.92 Å². The first-order chi connectivity index (χ1) is 11.1. The van der Waals surface area contributed by atoms with Gasteiger partial charge in [0.15, 0.2) is 11.5 Å². The van der Waals surface area contributed by atoms with E-state index in [0.717, 1.165) is 29.8 Å². The molecular weight excluding hydrogens is 298 g/mol. The number of carboxylic acids is 1. The Kier molecular flexibility index (Phi) is 3.21. The Hall–Kier alpha value is -2.57. The molecule has 1 saturated carbocycles. The molecule has 1 atom stereocenters. The summed E-state index contributed by atoms with van der Waals surface area (Å²) in [6.07, 6.45) is 2.74. The van der Waals surface area contributed by atoms with Gasteiger partial charge in [-0.3, -0.25) is 4.79 Å². The van der Waals surface area contributed by atoms with E-state index in [2.05, 4.69) is 10.3 Å².